The molecule has 0 bridgehead atoms. The summed E-state index contributed by atoms with van der Waals surface area (Å²) in [5.74, 6) is 0. The first-order chi connectivity index (χ1) is 13.1. The molecule has 2 aromatic heterocycles. The molecule has 0 aliphatic rings. The van der Waals surface area contributed by atoms with Crippen LogP contribution in [0.3, 0.4) is 0 Å². The molecule has 0 aliphatic carbocycles. The molecule has 6 nitrogen and oxygen atoms in total. The Balaban J connectivity index is 1.47. The molecule has 6 heteroatoms. The normalized spacial score (nSPS) is 10.4. The number of carbonyl (C=O) groups excluding carboxylic acids is 1. The Morgan fingerprint density at radius 3 is 2.41 bits per heavy atom. The minimum absolute atomic E-state index is 0.0250. The zero-order valence-corrected chi connectivity index (χ0v) is 15.2. The number of benzene rings is 1. The summed E-state index contributed by atoms with van der Waals surface area (Å²) in [6.07, 6.45) is 1.77. The minimum Gasteiger partial charge on any atom is -0.334 e. The van der Waals surface area contributed by atoms with Gasteiger partial charge in [0.15, 0.2) is 0 Å². The Hall–Kier alpha value is -3.41. The zero-order chi connectivity index (χ0) is 19.1. The average Bonchev–Trinajstić information content (AvgIpc) is 2.68. The fourth-order valence-electron chi connectivity index (χ4n) is 2.66. The van der Waals surface area contributed by atoms with Gasteiger partial charge in [-0.2, -0.15) is 0 Å². The number of carbonyl (C=O) groups is 1. The Morgan fingerprint density at radius 2 is 1.67 bits per heavy atom. The van der Waals surface area contributed by atoms with Crippen LogP contribution in [0.25, 0.3) is 0 Å². The molecule has 0 saturated carbocycles. The van der Waals surface area contributed by atoms with Crippen LogP contribution in [0.2, 0.25) is 0 Å². The third-order valence-corrected chi connectivity index (χ3v) is 4.10. The van der Waals surface area contributed by atoms with Crippen molar-refractivity contribution >= 4 is 6.03 Å². The maximum absolute atomic E-state index is 11.9. The summed E-state index contributed by atoms with van der Waals surface area (Å²) in [5, 5.41) is 5.63. The largest absolute Gasteiger partial charge is 0.334 e. The number of nitrogens with one attached hydrogen (secondary N) is 2. The zero-order valence-electron chi connectivity index (χ0n) is 15.2. The first kappa shape index (κ1) is 18.4. The van der Waals surface area contributed by atoms with Crippen molar-refractivity contribution in [2.45, 2.75) is 26.6 Å². The van der Waals surface area contributed by atoms with Gasteiger partial charge in [0.2, 0.25) is 0 Å². The lowest BCUT2D eigenvalue weighted by Crippen LogP contribution is -2.34. The van der Waals surface area contributed by atoms with Gasteiger partial charge in [-0.1, -0.05) is 36.4 Å². The van der Waals surface area contributed by atoms with E-state index in [9.17, 15) is 9.59 Å². The Morgan fingerprint density at radius 1 is 0.926 bits per heavy atom. The molecule has 27 heavy (non-hydrogen) atoms. The van der Waals surface area contributed by atoms with E-state index in [4.69, 9.17) is 0 Å². The number of amides is 2. The summed E-state index contributed by atoms with van der Waals surface area (Å²) in [5.41, 5.74) is 3.74. The van der Waals surface area contributed by atoms with Crippen LogP contribution in [0.4, 0.5) is 4.79 Å². The second-order valence-corrected chi connectivity index (χ2v) is 6.29. The molecule has 2 N–H and O–H groups in total. The topological polar surface area (TPSA) is 76.0 Å². The number of nitrogens with zero attached hydrogens (tertiary/aromatic N) is 2. The molecule has 3 aromatic rings. The van der Waals surface area contributed by atoms with E-state index in [1.165, 1.54) is 0 Å². The highest BCUT2D eigenvalue weighted by Crippen LogP contribution is 2.06. The van der Waals surface area contributed by atoms with Crippen LogP contribution in [0, 0.1) is 6.92 Å². The highest BCUT2D eigenvalue weighted by atomic mass is 16.2. The smallest absolute Gasteiger partial charge is 0.315 e. The molecule has 138 valence electrons. The second-order valence-electron chi connectivity index (χ2n) is 6.29. The molecular formula is C21H22N4O2. The van der Waals surface area contributed by atoms with E-state index in [0.717, 1.165) is 22.5 Å². The van der Waals surface area contributed by atoms with Crippen LogP contribution in [-0.4, -0.2) is 15.6 Å². The van der Waals surface area contributed by atoms with Gasteiger partial charge in [0.25, 0.3) is 5.56 Å². The number of urea groups is 1. The number of pyridine rings is 2. The maximum atomic E-state index is 11.9. The van der Waals surface area contributed by atoms with E-state index in [0.29, 0.717) is 19.6 Å². The van der Waals surface area contributed by atoms with Crippen LogP contribution in [0.1, 0.15) is 22.5 Å². The average molecular weight is 362 g/mol. The Labute approximate surface area is 157 Å². The molecule has 2 heterocycles. The molecule has 0 saturated heterocycles. The molecule has 0 unspecified atom stereocenters. The van der Waals surface area contributed by atoms with Gasteiger partial charge >= 0.3 is 6.03 Å². The van der Waals surface area contributed by atoms with Gasteiger partial charge in [-0.05, 0) is 36.2 Å². The van der Waals surface area contributed by atoms with Gasteiger partial charge in [-0.15, -0.1) is 0 Å². The number of aryl methyl sites for hydroxylation is 1. The van der Waals surface area contributed by atoms with Crippen LogP contribution in [0.15, 0.2) is 71.7 Å². The molecule has 0 aliphatic heterocycles. The van der Waals surface area contributed by atoms with Gasteiger partial charge in [0.1, 0.15) is 0 Å². The first-order valence-corrected chi connectivity index (χ1v) is 8.78. The lowest BCUT2D eigenvalue weighted by atomic mass is 10.1. The van der Waals surface area contributed by atoms with Crippen molar-refractivity contribution in [1.82, 2.24) is 20.2 Å². The first-order valence-electron chi connectivity index (χ1n) is 8.78. The maximum Gasteiger partial charge on any atom is 0.315 e. The number of hydrogen-bond donors (Lipinski definition) is 2. The van der Waals surface area contributed by atoms with Crippen molar-refractivity contribution in [1.29, 1.82) is 0 Å². The van der Waals surface area contributed by atoms with E-state index in [2.05, 4.69) is 15.6 Å². The van der Waals surface area contributed by atoms with Gasteiger partial charge in [-0.3, -0.25) is 9.78 Å². The number of rotatable bonds is 6. The predicted octanol–water partition coefficient (Wildman–Crippen LogP) is 2.60. The van der Waals surface area contributed by atoms with Crippen LogP contribution >= 0.6 is 0 Å². The van der Waals surface area contributed by atoms with Gasteiger partial charge in [-0.25, -0.2) is 4.79 Å². The lowest BCUT2D eigenvalue weighted by Gasteiger charge is -2.09. The van der Waals surface area contributed by atoms with Crippen molar-refractivity contribution in [3.63, 3.8) is 0 Å². The summed E-state index contributed by atoms with van der Waals surface area (Å²) in [4.78, 5) is 28.0. The SMILES string of the molecule is Cc1cccc(CNC(=O)NCc2ccc(Cn3ccccc3=O)cc2)n1. The summed E-state index contributed by atoms with van der Waals surface area (Å²) >= 11 is 0. The Bertz CT molecular complexity index is 964. The number of hydrogen-bond acceptors (Lipinski definition) is 3. The van der Waals surface area contributed by atoms with Gasteiger partial charge in [0, 0.05) is 24.5 Å². The fourth-order valence-corrected chi connectivity index (χ4v) is 2.66. The summed E-state index contributed by atoms with van der Waals surface area (Å²) < 4.78 is 1.65. The third-order valence-electron chi connectivity index (χ3n) is 4.10. The van der Waals surface area contributed by atoms with Gasteiger partial charge < -0.3 is 15.2 Å². The third kappa shape index (κ3) is 5.54. The Kier molecular flexibility index (Phi) is 5.99. The lowest BCUT2D eigenvalue weighted by molar-refractivity contribution is 0.240. The quantitative estimate of drug-likeness (QED) is 0.708. The van der Waals surface area contributed by atoms with Crippen molar-refractivity contribution in [3.05, 3.63) is 99.7 Å². The molecule has 2 amide bonds. The molecule has 0 atom stereocenters. The van der Waals surface area contributed by atoms with Crippen molar-refractivity contribution in [2.24, 2.45) is 0 Å². The van der Waals surface area contributed by atoms with Crippen LogP contribution < -0.4 is 16.2 Å². The summed E-state index contributed by atoms with van der Waals surface area (Å²) in [6.45, 7) is 3.26. The van der Waals surface area contributed by atoms with Crippen molar-refractivity contribution in [2.75, 3.05) is 0 Å². The minimum atomic E-state index is -0.238. The summed E-state index contributed by atoms with van der Waals surface area (Å²) in [7, 11) is 0. The molecule has 0 fully saturated rings. The number of aromatic nitrogens is 2. The van der Waals surface area contributed by atoms with Crippen molar-refractivity contribution < 1.29 is 4.79 Å². The van der Waals surface area contributed by atoms with E-state index in [-0.39, 0.29) is 11.6 Å². The van der Waals surface area contributed by atoms with Crippen LogP contribution in [0.5, 0.6) is 0 Å². The highest BCUT2D eigenvalue weighted by Gasteiger charge is 2.03. The van der Waals surface area contributed by atoms with Crippen molar-refractivity contribution in [3.8, 4) is 0 Å². The van der Waals surface area contributed by atoms with E-state index in [1.54, 1.807) is 22.9 Å². The molecular weight excluding hydrogens is 340 g/mol. The standard InChI is InChI=1S/C21H22N4O2/c1-16-5-4-6-19(24-16)14-23-21(27)22-13-17-8-10-18(11-9-17)15-25-12-3-2-7-20(25)26/h2-12H,13-15H2,1H3,(H2,22,23,27). The molecule has 0 radical (unpaired) electrons. The van der Waals surface area contributed by atoms with E-state index in [1.807, 2.05) is 55.5 Å². The highest BCUT2D eigenvalue weighted by molar-refractivity contribution is 5.73. The fraction of sp³-hybridized carbons (Fsp3) is 0.190. The summed E-state index contributed by atoms with van der Waals surface area (Å²) in [6, 6.07) is 18.4. The molecule has 1 aromatic carbocycles. The van der Waals surface area contributed by atoms with Crippen LogP contribution in [-0.2, 0) is 19.6 Å². The van der Waals surface area contributed by atoms with E-state index < -0.39 is 0 Å². The second kappa shape index (κ2) is 8.80. The van der Waals surface area contributed by atoms with E-state index >= 15 is 0 Å². The molecule has 0 spiro atoms. The molecule has 3 rings (SSSR count). The predicted molar refractivity (Wildman–Crippen MR) is 104 cm³/mol. The monoisotopic (exact) mass is 362 g/mol. The van der Waals surface area contributed by atoms with Gasteiger partial charge in [0.05, 0.1) is 18.8 Å².